The van der Waals surface area contributed by atoms with Crippen molar-refractivity contribution in [3.8, 4) is 0 Å². The molecule has 0 aliphatic rings. The number of hydrogen-bond acceptors (Lipinski definition) is 3. The summed E-state index contributed by atoms with van der Waals surface area (Å²) in [4.78, 5) is -0.132. The lowest BCUT2D eigenvalue weighted by atomic mass is 10.2. The Labute approximate surface area is 201 Å². The molecule has 35 heavy (non-hydrogen) atoms. The van der Waals surface area contributed by atoms with E-state index in [1.807, 2.05) is 53.1 Å². The number of para-hydroxylation sites is 2. The highest BCUT2D eigenvalue weighted by atomic mass is 32.2. The first kappa shape index (κ1) is 23.0. The topological polar surface area (TPSA) is 62.5 Å². The molecule has 0 saturated carbocycles. The Kier molecular flexibility index (Phi) is 6.00. The van der Waals surface area contributed by atoms with Gasteiger partial charge in [0.1, 0.15) is 11.6 Å². The second-order valence-corrected chi connectivity index (χ2v) is 10.1. The second kappa shape index (κ2) is 9.13. The Hall–Kier alpha value is -3.75. The lowest BCUT2D eigenvalue weighted by Gasteiger charge is -2.27. The van der Waals surface area contributed by atoms with Crippen LogP contribution in [0.15, 0.2) is 102 Å². The van der Waals surface area contributed by atoms with Gasteiger partial charge in [-0.15, -0.1) is 0 Å². The van der Waals surface area contributed by atoms with Gasteiger partial charge in [0.25, 0.3) is 10.0 Å². The summed E-state index contributed by atoms with van der Waals surface area (Å²) in [6, 6.07) is 25.1. The van der Waals surface area contributed by atoms with Gasteiger partial charge < -0.3 is 9.67 Å². The van der Waals surface area contributed by atoms with Crippen LogP contribution in [0.4, 0.5) is 14.5 Å². The number of benzene rings is 4. The van der Waals surface area contributed by atoms with Gasteiger partial charge in [0, 0.05) is 21.8 Å². The lowest BCUT2D eigenvalue weighted by Crippen LogP contribution is -2.39. The molecule has 5 aromatic rings. The number of rotatable bonds is 7. The summed E-state index contributed by atoms with van der Waals surface area (Å²) in [7, 11) is -4.17. The zero-order chi connectivity index (χ0) is 24.6. The lowest BCUT2D eigenvalue weighted by molar-refractivity contribution is 0.166. The van der Waals surface area contributed by atoms with E-state index in [2.05, 4.69) is 0 Å². The first-order chi connectivity index (χ1) is 16.8. The quantitative estimate of drug-likeness (QED) is 0.334. The van der Waals surface area contributed by atoms with Crippen LogP contribution >= 0.6 is 0 Å². The van der Waals surface area contributed by atoms with E-state index in [0.717, 1.165) is 50.4 Å². The molecule has 0 spiro atoms. The smallest absolute Gasteiger partial charge is 0.264 e. The molecule has 0 aliphatic heterocycles. The normalized spacial score (nSPS) is 12.8. The fraction of sp³-hybridized carbons (Fsp3) is 0.111. The molecule has 4 aromatic carbocycles. The monoisotopic (exact) mass is 492 g/mol. The second-order valence-electron chi connectivity index (χ2n) is 8.27. The SMILES string of the molecule is O=S(=O)(c1ccc(F)cc1)N(CC(O)Cn1c2ccccc2c2ccccc21)c1ccc(F)cc1. The maximum Gasteiger partial charge on any atom is 0.264 e. The molecule has 0 bridgehead atoms. The highest BCUT2D eigenvalue weighted by Gasteiger charge is 2.28. The average molecular weight is 493 g/mol. The summed E-state index contributed by atoms with van der Waals surface area (Å²) in [5.41, 5.74) is 2.03. The number of anilines is 1. The molecule has 0 amide bonds. The van der Waals surface area contributed by atoms with Crippen molar-refractivity contribution in [2.45, 2.75) is 17.5 Å². The van der Waals surface area contributed by atoms with E-state index in [1.165, 1.54) is 24.3 Å². The highest BCUT2D eigenvalue weighted by molar-refractivity contribution is 7.92. The van der Waals surface area contributed by atoms with Gasteiger partial charge in [-0.2, -0.15) is 0 Å². The molecule has 1 N–H and O–H groups in total. The van der Waals surface area contributed by atoms with Gasteiger partial charge in [0.2, 0.25) is 0 Å². The molecule has 0 fully saturated rings. The minimum Gasteiger partial charge on any atom is -0.389 e. The summed E-state index contributed by atoms with van der Waals surface area (Å²) < 4.78 is 56.9. The molecule has 0 radical (unpaired) electrons. The van der Waals surface area contributed by atoms with E-state index in [0.29, 0.717) is 0 Å². The summed E-state index contributed by atoms with van der Waals surface area (Å²) in [5, 5.41) is 13.2. The van der Waals surface area contributed by atoms with E-state index in [4.69, 9.17) is 0 Å². The molecule has 0 aliphatic carbocycles. The van der Waals surface area contributed by atoms with Gasteiger partial charge in [0.15, 0.2) is 0 Å². The Morgan fingerprint density at radius 3 is 1.77 bits per heavy atom. The third kappa shape index (κ3) is 4.38. The fourth-order valence-corrected chi connectivity index (χ4v) is 5.85. The first-order valence-corrected chi connectivity index (χ1v) is 12.5. The maximum absolute atomic E-state index is 13.6. The summed E-state index contributed by atoms with van der Waals surface area (Å²) in [6.45, 7) is -0.156. The van der Waals surface area contributed by atoms with E-state index < -0.39 is 27.8 Å². The van der Waals surface area contributed by atoms with Crippen molar-refractivity contribution in [2.75, 3.05) is 10.8 Å². The van der Waals surface area contributed by atoms with Crippen LogP contribution in [0.5, 0.6) is 0 Å². The van der Waals surface area contributed by atoms with Gasteiger partial charge >= 0.3 is 0 Å². The van der Waals surface area contributed by atoms with Crippen molar-refractivity contribution >= 4 is 37.5 Å². The van der Waals surface area contributed by atoms with Crippen molar-refractivity contribution in [1.29, 1.82) is 0 Å². The highest BCUT2D eigenvalue weighted by Crippen LogP contribution is 2.30. The third-order valence-electron chi connectivity index (χ3n) is 5.97. The molecule has 8 heteroatoms. The largest absolute Gasteiger partial charge is 0.389 e. The molecular formula is C27H22F2N2O3S. The number of hydrogen-bond donors (Lipinski definition) is 1. The molecule has 1 heterocycles. The van der Waals surface area contributed by atoms with Crippen LogP contribution in [0, 0.1) is 11.6 Å². The first-order valence-electron chi connectivity index (χ1n) is 11.0. The standard InChI is InChI=1S/C27H22F2N2O3S/c28-19-9-13-21(14-10-19)31(35(33,34)23-15-11-20(29)12-16-23)18-22(32)17-30-26-7-3-1-5-24(26)25-6-2-4-8-27(25)30/h1-16,22,32H,17-18H2. The summed E-state index contributed by atoms with van der Waals surface area (Å²) >= 11 is 0. The van der Waals surface area contributed by atoms with E-state index in [1.54, 1.807) is 0 Å². The molecule has 5 rings (SSSR count). The fourth-order valence-electron chi connectivity index (χ4n) is 4.34. The van der Waals surface area contributed by atoms with Crippen molar-refractivity contribution in [1.82, 2.24) is 4.57 Å². The van der Waals surface area contributed by atoms with Crippen molar-refractivity contribution in [3.63, 3.8) is 0 Å². The molecule has 0 saturated heterocycles. The zero-order valence-corrected chi connectivity index (χ0v) is 19.4. The summed E-state index contributed by atoms with van der Waals surface area (Å²) in [5.74, 6) is -1.08. The number of nitrogens with zero attached hydrogens (tertiary/aromatic N) is 2. The van der Waals surface area contributed by atoms with E-state index in [9.17, 15) is 22.3 Å². The number of halogens is 2. The molecule has 178 valence electrons. The summed E-state index contributed by atoms with van der Waals surface area (Å²) in [6.07, 6.45) is -1.10. The predicted molar refractivity (Wildman–Crippen MR) is 133 cm³/mol. The van der Waals surface area contributed by atoms with Gasteiger partial charge in [-0.3, -0.25) is 4.31 Å². The van der Waals surface area contributed by atoms with Gasteiger partial charge in [-0.1, -0.05) is 36.4 Å². The van der Waals surface area contributed by atoms with Crippen LogP contribution in [0.1, 0.15) is 0 Å². The van der Waals surface area contributed by atoms with Gasteiger partial charge in [-0.05, 0) is 60.7 Å². The van der Waals surface area contributed by atoms with Crippen LogP contribution < -0.4 is 4.31 Å². The van der Waals surface area contributed by atoms with Crippen LogP contribution in [0.3, 0.4) is 0 Å². The predicted octanol–water partition coefficient (Wildman–Crippen LogP) is 5.33. The van der Waals surface area contributed by atoms with Crippen LogP contribution in [0.2, 0.25) is 0 Å². The molecular weight excluding hydrogens is 470 g/mol. The number of fused-ring (bicyclic) bond motifs is 3. The minimum atomic E-state index is -4.17. The third-order valence-corrected chi connectivity index (χ3v) is 7.77. The van der Waals surface area contributed by atoms with E-state index >= 15 is 0 Å². The van der Waals surface area contributed by atoms with Crippen molar-refractivity contribution in [2.24, 2.45) is 0 Å². The van der Waals surface area contributed by atoms with Crippen molar-refractivity contribution < 1.29 is 22.3 Å². The Morgan fingerprint density at radius 1 is 0.743 bits per heavy atom. The van der Waals surface area contributed by atoms with Gasteiger partial charge in [0.05, 0.1) is 29.8 Å². The molecule has 1 aromatic heterocycles. The number of sulfonamides is 1. The number of aromatic nitrogens is 1. The molecule has 5 nitrogen and oxygen atoms in total. The Bertz CT molecular complexity index is 1540. The Balaban J connectivity index is 1.53. The average Bonchev–Trinajstić information content (AvgIpc) is 3.17. The molecule has 1 atom stereocenters. The molecule has 1 unspecified atom stereocenters. The van der Waals surface area contributed by atoms with E-state index in [-0.39, 0.29) is 23.7 Å². The Morgan fingerprint density at radius 2 is 1.23 bits per heavy atom. The number of aliphatic hydroxyl groups is 1. The van der Waals surface area contributed by atoms with Gasteiger partial charge in [-0.25, -0.2) is 17.2 Å². The number of aliphatic hydroxyl groups excluding tert-OH is 1. The minimum absolute atomic E-state index is 0.130. The van der Waals surface area contributed by atoms with Crippen molar-refractivity contribution in [3.05, 3.63) is 109 Å². The van der Waals surface area contributed by atoms with Crippen LogP contribution in [0.25, 0.3) is 21.8 Å². The van der Waals surface area contributed by atoms with Crippen LogP contribution in [-0.2, 0) is 16.6 Å². The van der Waals surface area contributed by atoms with Crippen LogP contribution in [-0.4, -0.2) is 30.7 Å². The zero-order valence-electron chi connectivity index (χ0n) is 18.6. The maximum atomic E-state index is 13.6.